The van der Waals surface area contributed by atoms with Crippen LogP contribution in [-0.4, -0.2) is 35.7 Å². The van der Waals surface area contributed by atoms with Crippen molar-refractivity contribution < 1.29 is 31.6 Å². The second-order valence-corrected chi connectivity index (χ2v) is 10.3. The highest BCUT2D eigenvalue weighted by molar-refractivity contribution is 7.89. The van der Waals surface area contributed by atoms with Gasteiger partial charge in [-0.1, -0.05) is 19.0 Å². The van der Waals surface area contributed by atoms with Crippen molar-refractivity contribution in [3.8, 4) is 22.8 Å². The monoisotopic (exact) mass is 509 g/mol. The SMILES string of the molecule is CC(C)[C@H](NS(=O)(=O)c1ccc2c(c1)oc1ccc(-c3noc(-c4ccc(F)cc4)n3)cc12)C(=O)O. The minimum atomic E-state index is -4.10. The van der Waals surface area contributed by atoms with Gasteiger partial charge in [-0.15, -0.1) is 0 Å². The molecule has 9 nitrogen and oxygen atoms in total. The first kappa shape index (κ1) is 23.6. The maximum absolute atomic E-state index is 13.2. The Balaban J connectivity index is 1.49. The summed E-state index contributed by atoms with van der Waals surface area (Å²) in [5.41, 5.74) is 2.06. The lowest BCUT2D eigenvalue weighted by atomic mass is 10.1. The molecular weight excluding hydrogens is 489 g/mol. The van der Waals surface area contributed by atoms with E-state index in [9.17, 15) is 22.7 Å². The Kier molecular flexibility index (Phi) is 5.81. The van der Waals surface area contributed by atoms with Crippen molar-refractivity contribution in [1.82, 2.24) is 14.9 Å². The van der Waals surface area contributed by atoms with Crippen LogP contribution in [0.2, 0.25) is 0 Å². The summed E-state index contributed by atoms with van der Waals surface area (Å²) in [6, 6.07) is 14.0. The molecule has 5 rings (SSSR count). The number of hydrogen-bond donors (Lipinski definition) is 2. The van der Waals surface area contributed by atoms with Crippen molar-refractivity contribution in [3.63, 3.8) is 0 Å². The maximum atomic E-state index is 13.2. The van der Waals surface area contributed by atoms with E-state index in [1.54, 1.807) is 50.2 Å². The van der Waals surface area contributed by atoms with Gasteiger partial charge in [0.25, 0.3) is 5.89 Å². The number of halogens is 1. The van der Waals surface area contributed by atoms with E-state index < -0.39 is 28.0 Å². The molecule has 0 saturated carbocycles. The number of rotatable bonds is 7. The Morgan fingerprint density at radius 2 is 1.69 bits per heavy atom. The van der Waals surface area contributed by atoms with Crippen LogP contribution in [0.4, 0.5) is 4.39 Å². The van der Waals surface area contributed by atoms with Crippen molar-refractivity contribution in [2.45, 2.75) is 24.8 Å². The quantitative estimate of drug-likeness (QED) is 0.318. The highest BCUT2D eigenvalue weighted by Gasteiger charge is 2.28. The number of carboxylic acid groups (broad SMARTS) is 1. The second kappa shape index (κ2) is 8.85. The summed E-state index contributed by atoms with van der Waals surface area (Å²) in [6.07, 6.45) is 0. The highest BCUT2D eigenvalue weighted by Crippen LogP contribution is 2.33. The molecule has 0 radical (unpaired) electrons. The Hall–Kier alpha value is -4.09. The molecule has 2 N–H and O–H groups in total. The number of hydrogen-bond acceptors (Lipinski definition) is 7. The van der Waals surface area contributed by atoms with E-state index in [-0.39, 0.29) is 16.6 Å². The molecule has 0 aliphatic rings. The molecule has 3 aromatic carbocycles. The maximum Gasteiger partial charge on any atom is 0.322 e. The van der Waals surface area contributed by atoms with E-state index in [2.05, 4.69) is 14.9 Å². The van der Waals surface area contributed by atoms with Gasteiger partial charge in [-0.25, -0.2) is 12.8 Å². The molecule has 5 aromatic rings. The van der Waals surface area contributed by atoms with Crippen molar-refractivity contribution in [1.29, 1.82) is 0 Å². The predicted octanol–water partition coefficient (Wildman–Crippen LogP) is 4.83. The largest absolute Gasteiger partial charge is 0.480 e. The average molecular weight is 510 g/mol. The predicted molar refractivity (Wildman–Crippen MR) is 129 cm³/mol. The van der Waals surface area contributed by atoms with Crippen LogP contribution >= 0.6 is 0 Å². The minimum absolute atomic E-state index is 0.108. The van der Waals surface area contributed by atoms with Gasteiger partial charge in [-0.05, 0) is 60.5 Å². The molecule has 0 bridgehead atoms. The van der Waals surface area contributed by atoms with Crippen molar-refractivity contribution in [2.24, 2.45) is 5.92 Å². The highest BCUT2D eigenvalue weighted by atomic mass is 32.2. The lowest BCUT2D eigenvalue weighted by molar-refractivity contribution is -0.140. The number of nitrogens with zero attached hydrogens (tertiary/aromatic N) is 2. The van der Waals surface area contributed by atoms with Gasteiger partial charge in [-0.2, -0.15) is 9.71 Å². The minimum Gasteiger partial charge on any atom is -0.480 e. The number of benzene rings is 3. The molecule has 0 amide bonds. The summed E-state index contributed by atoms with van der Waals surface area (Å²) < 4.78 is 52.3. The van der Waals surface area contributed by atoms with E-state index in [1.165, 1.54) is 24.3 Å². The molecule has 0 aliphatic heterocycles. The standard InChI is InChI=1S/C25H20FN3O6S/c1-13(2)22(25(30)31)29-36(32,33)17-8-9-18-19-11-15(5-10-20(19)34-21(18)12-17)23-27-24(35-28-23)14-3-6-16(26)7-4-14/h3-13,22,29H,1-2H3,(H,30,31)/t22-/m0/s1. The number of carbonyl (C=O) groups is 1. The number of carboxylic acids is 1. The normalized spacial score (nSPS) is 13.0. The number of aliphatic carboxylic acids is 1. The van der Waals surface area contributed by atoms with Crippen LogP contribution in [0.15, 0.2) is 74.5 Å². The van der Waals surface area contributed by atoms with Gasteiger partial charge in [-0.3, -0.25) is 4.79 Å². The van der Waals surface area contributed by atoms with Gasteiger partial charge in [0.15, 0.2) is 0 Å². The van der Waals surface area contributed by atoms with Crippen molar-refractivity contribution in [2.75, 3.05) is 0 Å². The molecule has 184 valence electrons. The summed E-state index contributed by atoms with van der Waals surface area (Å²) >= 11 is 0. The Labute approximate surface area is 204 Å². The number of fused-ring (bicyclic) bond motifs is 3. The van der Waals surface area contributed by atoms with Crippen LogP contribution in [0, 0.1) is 11.7 Å². The van der Waals surface area contributed by atoms with Crippen LogP contribution in [0.3, 0.4) is 0 Å². The number of nitrogens with one attached hydrogen (secondary N) is 1. The van der Waals surface area contributed by atoms with Gasteiger partial charge >= 0.3 is 5.97 Å². The van der Waals surface area contributed by atoms with Crippen LogP contribution in [0.25, 0.3) is 44.8 Å². The molecule has 0 unspecified atom stereocenters. The summed E-state index contributed by atoms with van der Waals surface area (Å²) in [4.78, 5) is 15.7. The average Bonchev–Trinajstić information content (AvgIpc) is 3.47. The molecular formula is C25H20FN3O6S. The Morgan fingerprint density at radius 3 is 2.39 bits per heavy atom. The van der Waals surface area contributed by atoms with Crippen LogP contribution in [-0.2, 0) is 14.8 Å². The van der Waals surface area contributed by atoms with Gasteiger partial charge in [0, 0.05) is 28.0 Å². The molecule has 0 fully saturated rings. The third kappa shape index (κ3) is 4.34. The lowest BCUT2D eigenvalue weighted by Gasteiger charge is -2.17. The van der Waals surface area contributed by atoms with Crippen LogP contribution < -0.4 is 4.72 Å². The topological polar surface area (TPSA) is 136 Å². The Morgan fingerprint density at radius 1 is 0.972 bits per heavy atom. The summed E-state index contributed by atoms with van der Waals surface area (Å²) in [7, 11) is -4.10. The third-order valence-corrected chi connectivity index (χ3v) is 7.18. The Bertz CT molecular complexity index is 1710. The first-order valence-electron chi connectivity index (χ1n) is 10.9. The fourth-order valence-corrected chi connectivity index (χ4v) is 5.17. The van der Waals surface area contributed by atoms with E-state index in [4.69, 9.17) is 8.94 Å². The lowest BCUT2D eigenvalue weighted by Crippen LogP contribution is -2.44. The molecule has 0 spiro atoms. The summed E-state index contributed by atoms with van der Waals surface area (Å²) in [5, 5.41) is 14.7. The summed E-state index contributed by atoms with van der Waals surface area (Å²) in [5.74, 6) is -1.51. The number of sulfonamides is 1. The van der Waals surface area contributed by atoms with E-state index in [1.807, 2.05) is 0 Å². The van der Waals surface area contributed by atoms with Crippen molar-refractivity contribution >= 4 is 37.9 Å². The first-order valence-corrected chi connectivity index (χ1v) is 12.4. The van der Waals surface area contributed by atoms with Gasteiger partial charge < -0.3 is 14.0 Å². The van der Waals surface area contributed by atoms with Gasteiger partial charge in [0.1, 0.15) is 23.0 Å². The van der Waals surface area contributed by atoms with E-state index in [0.29, 0.717) is 38.9 Å². The zero-order valence-corrected chi connectivity index (χ0v) is 19.9. The molecule has 36 heavy (non-hydrogen) atoms. The van der Waals surface area contributed by atoms with E-state index in [0.717, 1.165) is 0 Å². The molecule has 1 atom stereocenters. The molecule has 2 heterocycles. The van der Waals surface area contributed by atoms with Crippen molar-refractivity contribution in [3.05, 3.63) is 66.5 Å². The molecule has 2 aromatic heterocycles. The van der Waals surface area contributed by atoms with Gasteiger partial charge in [0.2, 0.25) is 15.8 Å². The molecule has 11 heteroatoms. The fourth-order valence-electron chi connectivity index (χ4n) is 3.82. The molecule has 0 aliphatic carbocycles. The summed E-state index contributed by atoms with van der Waals surface area (Å²) in [6.45, 7) is 3.24. The number of furan rings is 1. The zero-order chi connectivity index (χ0) is 25.6. The zero-order valence-electron chi connectivity index (χ0n) is 19.1. The smallest absolute Gasteiger partial charge is 0.322 e. The fraction of sp³-hybridized carbons (Fsp3) is 0.160. The molecule has 0 saturated heterocycles. The van der Waals surface area contributed by atoms with Crippen LogP contribution in [0.5, 0.6) is 0 Å². The van der Waals surface area contributed by atoms with Crippen LogP contribution in [0.1, 0.15) is 13.8 Å². The second-order valence-electron chi connectivity index (χ2n) is 8.58. The van der Waals surface area contributed by atoms with E-state index >= 15 is 0 Å². The third-order valence-electron chi connectivity index (χ3n) is 5.74. The number of aromatic nitrogens is 2. The first-order chi connectivity index (χ1) is 17.1. The van der Waals surface area contributed by atoms with Gasteiger partial charge in [0.05, 0.1) is 4.90 Å².